The van der Waals surface area contributed by atoms with Crippen LogP contribution in [0.1, 0.15) is 0 Å². The van der Waals surface area contributed by atoms with Crippen LogP contribution in [-0.2, 0) is 9.53 Å². The van der Waals surface area contributed by atoms with E-state index in [1.54, 1.807) is 11.9 Å². The number of methoxy groups -OCH3 is 1. The van der Waals surface area contributed by atoms with Gasteiger partial charge in [0.15, 0.2) is 0 Å². The second-order valence-electron chi connectivity index (χ2n) is 5.80. The van der Waals surface area contributed by atoms with Crippen molar-refractivity contribution in [1.82, 2.24) is 9.80 Å². The number of ether oxygens (including phenoxy) is 1. The smallest absolute Gasteiger partial charge is 0.322 e. The molecule has 2 saturated heterocycles. The summed E-state index contributed by atoms with van der Waals surface area (Å²) in [6, 6.07) is 2.36. The molecule has 3 amide bonds. The molecule has 8 heteroatoms. The highest BCUT2D eigenvalue weighted by Crippen LogP contribution is 2.33. The number of benzene rings is 1. The number of nitrogens with one attached hydrogen (secondary N) is 1. The maximum absolute atomic E-state index is 13.6. The molecule has 0 aromatic heterocycles. The summed E-state index contributed by atoms with van der Waals surface area (Å²) in [4.78, 5) is 27.4. The summed E-state index contributed by atoms with van der Waals surface area (Å²) in [6.07, 6.45) is -0.564. The van der Waals surface area contributed by atoms with Gasteiger partial charge in [0.25, 0.3) is 5.91 Å². The predicted molar refractivity (Wildman–Crippen MR) is 77.8 cm³/mol. The number of nitrogens with zero attached hydrogens (tertiary/aromatic N) is 2. The van der Waals surface area contributed by atoms with Gasteiger partial charge in [0, 0.05) is 39.2 Å². The predicted octanol–water partition coefficient (Wildman–Crippen LogP) is 1.28. The molecule has 0 bridgehead atoms. The van der Waals surface area contributed by atoms with Crippen LogP contribution in [0.25, 0.3) is 0 Å². The molecular weight excluding hydrogens is 308 g/mol. The lowest BCUT2D eigenvalue weighted by Crippen LogP contribution is -2.40. The Balaban J connectivity index is 1.70. The van der Waals surface area contributed by atoms with Gasteiger partial charge < -0.3 is 19.9 Å². The third kappa shape index (κ3) is 2.63. The summed E-state index contributed by atoms with van der Waals surface area (Å²) in [6.45, 7) is 0.690. The zero-order chi connectivity index (χ0) is 16.7. The van der Waals surface area contributed by atoms with Crippen molar-refractivity contribution in [2.24, 2.45) is 5.92 Å². The number of carbonyl (C=O) groups is 2. The van der Waals surface area contributed by atoms with Gasteiger partial charge in [0.05, 0.1) is 11.7 Å². The minimum absolute atomic E-state index is 0.0822. The molecular formula is C15H17F2N3O3. The molecule has 2 heterocycles. The van der Waals surface area contributed by atoms with Crippen molar-refractivity contribution in [3.05, 3.63) is 29.8 Å². The van der Waals surface area contributed by atoms with Crippen molar-refractivity contribution < 1.29 is 23.1 Å². The van der Waals surface area contributed by atoms with Crippen LogP contribution in [0, 0.1) is 17.6 Å². The molecule has 0 saturated carbocycles. The molecule has 2 aliphatic heterocycles. The Morgan fingerprint density at radius 3 is 2.74 bits per heavy atom. The summed E-state index contributed by atoms with van der Waals surface area (Å²) < 4.78 is 31.7. The average molecular weight is 325 g/mol. The largest absolute Gasteiger partial charge is 0.371 e. The van der Waals surface area contributed by atoms with Gasteiger partial charge >= 0.3 is 6.03 Å². The number of likely N-dealkylation sites (tertiary alicyclic amines) is 2. The highest BCUT2D eigenvalue weighted by molar-refractivity contribution is 5.90. The lowest BCUT2D eigenvalue weighted by molar-refractivity contribution is -0.136. The van der Waals surface area contributed by atoms with E-state index in [4.69, 9.17) is 4.74 Å². The maximum atomic E-state index is 13.6. The first-order chi connectivity index (χ1) is 10.9. The van der Waals surface area contributed by atoms with Crippen LogP contribution in [0.2, 0.25) is 0 Å². The fourth-order valence-electron chi connectivity index (χ4n) is 3.29. The molecule has 1 aromatic carbocycles. The van der Waals surface area contributed by atoms with Gasteiger partial charge in [-0.15, -0.1) is 0 Å². The van der Waals surface area contributed by atoms with Gasteiger partial charge in [0.1, 0.15) is 17.7 Å². The van der Waals surface area contributed by atoms with Crippen LogP contribution in [0.5, 0.6) is 0 Å². The van der Waals surface area contributed by atoms with Crippen LogP contribution in [0.15, 0.2) is 18.2 Å². The van der Waals surface area contributed by atoms with Crippen molar-refractivity contribution >= 4 is 17.6 Å². The van der Waals surface area contributed by atoms with E-state index in [0.717, 1.165) is 6.07 Å². The van der Waals surface area contributed by atoms with E-state index in [1.807, 2.05) is 0 Å². The zero-order valence-corrected chi connectivity index (χ0v) is 12.8. The molecule has 6 nitrogen and oxygen atoms in total. The lowest BCUT2D eigenvalue weighted by Gasteiger charge is -2.22. The van der Waals surface area contributed by atoms with Gasteiger partial charge in [-0.2, -0.15) is 0 Å². The molecule has 23 heavy (non-hydrogen) atoms. The number of anilines is 1. The number of amides is 3. The Hall–Kier alpha value is -2.22. The molecule has 1 aromatic rings. The third-order valence-corrected chi connectivity index (χ3v) is 4.52. The van der Waals surface area contributed by atoms with Crippen LogP contribution in [0.4, 0.5) is 19.3 Å². The number of carbonyl (C=O) groups excluding carboxylic acids is 2. The maximum Gasteiger partial charge on any atom is 0.322 e. The van der Waals surface area contributed by atoms with E-state index < -0.39 is 23.8 Å². The molecule has 1 N–H and O–H groups in total. The van der Waals surface area contributed by atoms with E-state index >= 15 is 0 Å². The fraction of sp³-hybridized carbons (Fsp3) is 0.467. The van der Waals surface area contributed by atoms with Gasteiger partial charge in [0.2, 0.25) is 0 Å². The Bertz CT molecular complexity index is 655. The number of hydrogen-bond acceptors (Lipinski definition) is 3. The quantitative estimate of drug-likeness (QED) is 0.891. The topological polar surface area (TPSA) is 61.9 Å². The first kappa shape index (κ1) is 15.7. The summed E-state index contributed by atoms with van der Waals surface area (Å²) in [5.41, 5.74) is -0.0822. The SMILES string of the molecule is CO[C@@H]1C(=O)N(C)[C@@H]2CN(C(=O)Nc3ccc(F)cc3F)C[C@H]12. The fourth-order valence-corrected chi connectivity index (χ4v) is 3.29. The van der Waals surface area contributed by atoms with Crippen molar-refractivity contribution in [3.63, 3.8) is 0 Å². The van der Waals surface area contributed by atoms with Gasteiger partial charge in [-0.3, -0.25) is 4.79 Å². The van der Waals surface area contributed by atoms with E-state index in [0.29, 0.717) is 19.2 Å². The highest BCUT2D eigenvalue weighted by atomic mass is 19.1. The number of likely N-dealkylation sites (N-methyl/N-ethyl adjacent to an activating group) is 1. The van der Waals surface area contributed by atoms with Gasteiger partial charge in [-0.05, 0) is 12.1 Å². The van der Waals surface area contributed by atoms with Crippen molar-refractivity contribution in [2.45, 2.75) is 12.1 Å². The molecule has 0 aliphatic carbocycles. The van der Waals surface area contributed by atoms with E-state index in [1.165, 1.54) is 18.1 Å². The molecule has 2 fully saturated rings. The van der Waals surface area contributed by atoms with Crippen LogP contribution >= 0.6 is 0 Å². The van der Waals surface area contributed by atoms with Crippen molar-refractivity contribution in [3.8, 4) is 0 Å². The number of rotatable bonds is 2. The number of halogens is 2. The molecule has 3 rings (SSSR count). The highest BCUT2D eigenvalue weighted by Gasteiger charge is 2.52. The molecule has 0 radical (unpaired) electrons. The van der Waals surface area contributed by atoms with Crippen LogP contribution in [0.3, 0.4) is 0 Å². The first-order valence-corrected chi connectivity index (χ1v) is 7.23. The molecule has 3 atom stereocenters. The van der Waals surface area contributed by atoms with Crippen molar-refractivity contribution in [1.29, 1.82) is 0 Å². The average Bonchev–Trinajstić information content (AvgIpc) is 3.02. The Morgan fingerprint density at radius 2 is 2.09 bits per heavy atom. The second kappa shape index (κ2) is 5.77. The first-order valence-electron chi connectivity index (χ1n) is 7.23. The summed E-state index contributed by atoms with van der Waals surface area (Å²) in [5.74, 6) is -1.74. The Labute approximate surface area is 132 Å². The number of hydrogen-bond donors (Lipinski definition) is 1. The number of fused-ring (bicyclic) bond motifs is 1. The molecule has 0 unspecified atom stereocenters. The third-order valence-electron chi connectivity index (χ3n) is 4.52. The van der Waals surface area contributed by atoms with Gasteiger partial charge in [-0.25, -0.2) is 13.6 Å². The number of urea groups is 1. The summed E-state index contributed by atoms with van der Waals surface area (Å²) in [5, 5.41) is 2.43. The summed E-state index contributed by atoms with van der Waals surface area (Å²) in [7, 11) is 3.15. The molecule has 2 aliphatic rings. The minimum atomic E-state index is -0.834. The van der Waals surface area contributed by atoms with Gasteiger partial charge in [-0.1, -0.05) is 0 Å². The Morgan fingerprint density at radius 1 is 1.35 bits per heavy atom. The summed E-state index contributed by atoms with van der Waals surface area (Å²) >= 11 is 0. The molecule has 124 valence electrons. The van der Waals surface area contributed by atoms with Crippen molar-refractivity contribution in [2.75, 3.05) is 32.6 Å². The minimum Gasteiger partial charge on any atom is -0.371 e. The van der Waals surface area contributed by atoms with Crippen LogP contribution < -0.4 is 5.32 Å². The standard InChI is InChI=1S/C15H17F2N3O3/c1-19-12-7-20(6-9(12)13(23-2)14(19)21)15(22)18-11-4-3-8(16)5-10(11)17/h3-5,9,12-13H,6-7H2,1-2H3,(H,18,22)/t9-,12+,13-/m0/s1. The lowest BCUT2D eigenvalue weighted by atomic mass is 10.0. The monoisotopic (exact) mass is 325 g/mol. The zero-order valence-electron chi connectivity index (χ0n) is 12.8. The second-order valence-corrected chi connectivity index (χ2v) is 5.80. The Kier molecular flexibility index (Phi) is 3.93. The van der Waals surface area contributed by atoms with E-state index in [-0.39, 0.29) is 23.6 Å². The molecule has 0 spiro atoms. The van der Waals surface area contributed by atoms with E-state index in [2.05, 4.69) is 5.32 Å². The van der Waals surface area contributed by atoms with E-state index in [9.17, 15) is 18.4 Å². The van der Waals surface area contributed by atoms with Crippen LogP contribution in [-0.4, -0.2) is 61.1 Å². The normalized spacial score (nSPS) is 26.6.